The lowest BCUT2D eigenvalue weighted by molar-refractivity contribution is -0.385. The Labute approximate surface area is 77.7 Å². The molecule has 0 fully saturated rings. The van der Waals surface area contributed by atoms with Crippen molar-refractivity contribution in [3.8, 4) is 0 Å². The van der Waals surface area contributed by atoms with Gasteiger partial charge in [-0.1, -0.05) is 11.2 Å². The Morgan fingerprint density at radius 1 is 1.57 bits per heavy atom. The van der Waals surface area contributed by atoms with Crippen LogP contribution in [-0.2, 0) is 0 Å². The van der Waals surface area contributed by atoms with Crippen molar-refractivity contribution in [1.29, 1.82) is 0 Å². The second-order valence-corrected chi connectivity index (χ2v) is 2.31. The van der Waals surface area contributed by atoms with Crippen LogP contribution in [0.4, 0.5) is 11.4 Å². The molecule has 0 aliphatic heterocycles. The first-order valence-electron chi connectivity index (χ1n) is 3.47. The van der Waals surface area contributed by atoms with Crippen LogP contribution in [0.25, 0.3) is 10.4 Å². The molecular formula is C7H4N4O3. The number of nitro groups is 1. The maximum atomic E-state index is 10.4. The van der Waals surface area contributed by atoms with Crippen LogP contribution in [0.5, 0.6) is 0 Å². The molecule has 0 spiro atoms. The summed E-state index contributed by atoms with van der Waals surface area (Å²) in [4.78, 5) is 22.6. The van der Waals surface area contributed by atoms with Crippen LogP contribution >= 0.6 is 0 Å². The van der Waals surface area contributed by atoms with E-state index in [4.69, 9.17) is 5.53 Å². The lowest BCUT2D eigenvalue weighted by Gasteiger charge is -1.95. The highest BCUT2D eigenvalue weighted by Gasteiger charge is 2.12. The molecule has 0 atom stereocenters. The zero-order chi connectivity index (χ0) is 10.6. The summed E-state index contributed by atoms with van der Waals surface area (Å²) in [5.74, 6) is 0. The molecule has 0 saturated carbocycles. The van der Waals surface area contributed by atoms with E-state index in [1.165, 1.54) is 12.1 Å². The van der Waals surface area contributed by atoms with E-state index in [1.807, 2.05) is 0 Å². The zero-order valence-corrected chi connectivity index (χ0v) is 6.82. The number of benzene rings is 1. The third kappa shape index (κ3) is 1.85. The van der Waals surface area contributed by atoms with Crippen molar-refractivity contribution < 1.29 is 9.72 Å². The standard InChI is InChI=1S/C7H4N4O3/c8-10-9-6-2-1-5(4-12)7(3-6)11(13)14/h1-4H. The van der Waals surface area contributed by atoms with Crippen molar-refractivity contribution in [3.05, 3.63) is 44.3 Å². The van der Waals surface area contributed by atoms with E-state index < -0.39 is 4.92 Å². The fourth-order valence-corrected chi connectivity index (χ4v) is 0.904. The summed E-state index contributed by atoms with van der Waals surface area (Å²) in [7, 11) is 0. The van der Waals surface area contributed by atoms with Gasteiger partial charge in [0, 0.05) is 16.7 Å². The smallest absolute Gasteiger partial charge is 0.280 e. The number of hydrogen-bond donors (Lipinski definition) is 0. The van der Waals surface area contributed by atoms with Crippen LogP contribution in [-0.4, -0.2) is 11.2 Å². The van der Waals surface area contributed by atoms with Gasteiger partial charge in [-0.15, -0.1) is 0 Å². The van der Waals surface area contributed by atoms with Gasteiger partial charge in [-0.2, -0.15) is 0 Å². The minimum absolute atomic E-state index is 0.0492. The fraction of sp³-hybridized carbons (Fsp3) is 0. The second-order valence-electron chi connectivity index (χ2n) is 2.31. The second kappa shape index (κ2) is 4.01. The van der Waals surface area contributed by atoms with Crippen molar-refractivity contribution in [3.63, 3.8) is 0 Å². The Bertz CT molecular complexity index is 437. The van der Waals surface area contributed by atoms with E-state index in [-0.39, 0.29) is 16.9 Å². The van der Waals surface area contributed by atoms with Gasteiger partial charge < -0.3 is 0 Å². The van der Waals surface area contributed by atoms with E-state index in [9.17, 15) is 14.9 Å². The first-order chi connectivity index (χ1) is 6.69. The number of rotatable bonds is 3. The van der Waals surface area contributed by atoms with E-state index >= 15 is 0 Å². The maximum Gasteiger partial charge on any atom is 0.280 e. The van der Waals surface area contributed by atoms with Crippen LogP contribution in [0, 0.1) is 10.1 Å². The molecule has 0 heterocycles. The first-order valence-corrected chi connectivity index (χ1v) is 3.47. The van der Waals surface area contributed by atoms with Crippen LogP contribution in [0.1, 0.15) is 10.4 Å². The molecule has 0 aliphatic carbocycles. The molecule has 7 heteroatoms. The first kappa shape index (κ1) is 9.69. The summed E-state index contributed by atoms with van der Waals surface area (Å²) in [6.07, 6.45) is 0.373. The summed E-state index contributed by atoms with van der Waals surface area (Å²) >= 11 is 0. The minimum Gasteiger partial charge on any atom is -0.298 e. The molecule has 0 aliphatic rings. The summed E-state index contributed by atoms with van der Waals surface area (Å²) in [5, 5.41) is 13.6. The SMILES string of the molecule is [N-]=[N+]=Nc1ccc(C=O)c([N+](=O)[O-])c1. The molecule has 0 saturated heterocycles. The summed E-state index contributed by atoms with van der Waals surface area (Å²) < 4.78 is 0. The highest BCUT2D eigenvalue weighted by Crippen LogP contribution is 2.23. The Kier molecular flexibility index (Phi) is 2.78. The van der Waals surface area contributed by atoms with E-state index in [0.29, 0.717) is 6.29 Å². The molecule has 14 heavy (non-hydrogen) atoms. The third-order valence-corrected chi connectivity index (χ3v) is 1.50. The van der Waals surface area contributed by atoms with Crippen molar-refractivity contribution >= 4 is 17.7 Å². The topological polar surface area (TPSA) is 109 Å². The Hall–Kier alpha value is -2.40. The highest BCUT2D eigenvalue weighted by molar-refractivity contribution is 5.82. The predicted octanol–water partition coefficient (Wildman–Crippen LogP) is 2.35. The Morgan fingerprint density at radius 3 is 2.79 bits per heavy atom. The molecule has 70 valence electrons. The number of hydrogen-bond acceptors (Lipinski definition) is 4. The van der Waals surface area contributed by atoms with Gasteiger partial charge in [0.1, 0.15) is 0 Å². The molecule has 0 unspecified atom stereocenters. The van der Waals surface area contributed by atoms with Gasteiger partial charge >= 0.3 is 0 Å². The maximum absolute atomic E-state index is 10.4. The van der Waals surface area contributed by atoms with Crippen LogP contribution < -0.4 is 0 Å². The largest absolute Gasteiger partial charge is 0.298 e. The van der Waals surface area contributed by atoms with Gasteiger partial charge in [-0.05, 0) is 11.6 Å². The van der Waals surface area contributed by atoms with Gasteiger partial charge in [0.25, 0.3) is 5.69 Å². The number of nitro benzene ring substituents is 1. The molecule has 0 radical (unpaired) electrons. The minimum atomic E-state index is -0.708. The lowest BCUT2D eigenvalue weighted by Crippen LogP contribution is -1.93. The van der Waals surface area contributed by atoms with Gasteiger partial charge in [-0.3, -0.25) is 14.9 Å². The molecular weight excluding hydrogens is 188 g/mol. The van der Waals surface area contributed by atoms with Crippen LogP contribution in [0.3, 0.4) is 0 Å². The average molecular weight is 192 g/mol. The predicted molar refractivity (Wildman–Crippen MR) is 47.3 cm³/mol. The highest BCUT2D eigenvalue weighted by atomic mass is 16.6. The van der Waals surface area contributed by atoms with Crippen LogP contribution in [0.15, 0.2) is 23.3 Å². The fourth-order valence-electron chi connectivity index (χ4n) is 0.904. The molecule has 1 aromatic rings. The number of aldehydes is 1. The summed E-state index contributed by atoms with van der Waals surface area (Å²) in [5.41, 5.74) is 7.78. The van der Waals surface area contributed by atoms with Gasteiger partial charge in [0.05, 0.1) is 10.5 Å². The molecule has 1 aromatic carbocycles. The van der Waals surface area contributed by atoms with Crippen LogP contribution in [0.2, 0.25) is 0 Å². The Balaban J connectivity index is 3.34. The quantitative estimate of drug-likeness (QED) is 0.183. The molecule has 7 nitrogen and oxygen atoms in total. The zero-order valence-electron chi connectivity index (χ0n) is 6.82. The van der Waals surface area contributed by atoms with Gasteiger partial charge in [0.15, 0.2) is 6.29 Å². The number of nitrogens with zero attached hydrogens (tertiary/aromatic N) is 4. The van der Waals surface area contributed by atoms with Crippen molar-refractivity contribution in [2.75, 3.05) is 0 Å². The average Bonchev–Trinajstić information content (AvgIpc) is 2.18. The number of azide groups is 1. The number of carbonyl (C=O) groups is 1. The normalized spacial score (nSPS) is 8.86. The lowest BCUT2D eigenvalue weighted by atomic mass is 10.2. The van der Waals surface area contributed by atoms with E-state index in [0.717, 1.165) is 6.07 Å². The molecule has 0 amide bonds. The molecule has 0 aromatic heterocycles. The van der Waals surface area contributed by atoms with Gasteiger partial charge in [-0.25, -0.2) is 0 Å². The molecule has 0 bridgehead atoms. The van der Waals surface area contributed by atoms with Crippen molar-refractivity contribution in [2.45, 2.75) is 0 Å². The van der Waals surface area contributed by atoms with Crippen molar-refractivity contribution in [1.82, 2.24) is 0 Å². The third-order valence-electron chi connectivity index (χ3n) is 1.50. The summed E-state index contributed by atoms with van der Waals surface area (Å²) in [6, 6.07) is 3.61. The van der Waals surface area contributed by atoms with E-state index in [1.54, 1.807) is 0 Å². The van der Waals surface area contributed by atoms with E-state index in [2.05, 4.69) is 10.0 Å². The molecule has 0 N–H and O–H groups in total. The Morgan fingerprint density at radius 2 is 2.29 bits per heavy atom. The monoisotopic (exact) mass is 192 g/mol. The van der Waals surface area contributed by atoms with Crippen molar-refractivity contribution in [2.24, 2.45) is 5.11 Å². The molecule has 1 rings (SSSR count). The van der Waals surface area contributed by atoms with Gasteiger partial charge in [0.2, 0.25) is 0 Å². The number of carbonyl (C=O) groups excluding carboxylic acids is 1. The summed E-state index contributed by atoms with van der Waals surface area (Å²) in [6.45, 7) is 0.